The molecule has 7 nitrogen and oxygen atoms in total. The molecule has 1 aromatic rings. The van der Waals surface area contributed by atoms with Crippen LogP contribution in [0.5, 0.6) is 0 Å². The molecule has 20 heavy (non-hydrogen) atoms. The first-order chi connectivity index (χ1) is 9.56. The highest BCUT2D eigenvalue weighted by Crippen LogP contribution is 2.17. The molecule has 7 heteroatoms. The average molecular weight is 280 g/mol. The molecule has 0 saturated carbocycles. The predicted octanol–water partition coefficient (Wildman–Crippen LogP) is -0.158. The summed E-state index contributed by atoms with van der Waals surface area (Å²) in [7, 11) is 0. The van der Waals surface area contributed by atoms with Gasteiger partial charge in [0, 0.05) is 26.2 Å². The molecular weight excluding hydrogens is 260 g/mol. The molecule has 2 amide bonds. The number of nitrogens with one attached hydrogen (secondary N) is 2. The van der Waals surface area contributed by atoms with Crippen LogP contribution in [0.2, 0.25) is 0 Å². The smallest absolute Gasteiger partial charge is 0.260 e. The molecule has 110 valence electrons. The van der Waals surface area contributed by atoms with Crippen LogP contribution in [0.1, 0.15) is 28.7 Å². The minimum absolute atomic E-state index is 0.139. The molecule has 2 rings (SSSR count). The van der Waals surface area contributed by atoms with Gasteiger partial charge in [0.1, 0.15) is 17.4 Å². The highest BCUT2D eigenvalue weighted by molar-refractivity contribution is 5.99. The molecule has 1 atom stereocenters. The van der Waals surface area contributed by atoms with E-state index in [2.05, 4.69) is 15.8 Å². The van der Waals surface area contributed by atoms with Gasteiger partial charge in [-0.05, 0) is 20.8 Å². The van der Waals surface area contributed by atoms with E-state index in [4.69, 9.17) is 4.52 Å². The molecule has 0 aromatic carbocycles. The van der Waals surface area contributed by atoms with Crippen molar-refractivity contribution in [2.24, 2.45) is 0 Å². The van der Waals surface area contributed by atoms with Crippen molar-refractivity contribution in [2.45, 2.75) is 26.8 Å². The quantitative estimate of drug-likeness (QED) is 0.803. The van der Waals surface area contributed by atoms with E-state index >= 15 is 0 Å². The van der Waals surface area contributed by atoms with Crippen LogP contribution >= 0.6 is 0 Å². The van der Waals surface area contributed by atoms with Gasteiger partial charge in [0.15, 0.2) is 0 Å². The number of amides is 2. The molecule has 1 saturated heterocycles. The summed E-state index contributed by atoms with van der Waals surface area (Å²) in [5.74, 6) is 0.152. The Morgan fingerprint density at radius 2 is 2.25 bits per heavy atom. The summed E-state index contributed by atoms with van der Waals surface area (Å²) < 4.78 is 5.04. The first-order valence-corrected chi connectivity index (χ1v) is 6.78. The third kappa shape index (κ3) is 2.67. The molecule has 1 unspecified atom stereocenters. The lowest BCUT2D eigenvalue weighted by atomic mass is 10.1. The monoisotopic (exact) mass is 280 g/mol. The number of hydrogen-bond acceptors (Lipinski definition) is 5. The number of hydrogen-bond donors (Lipinski definition) is 2. The summed E-state index contributed by atoms with van der Waals surface area (Å²) in [5, 5.41) is 9.70. The van der Waals surface area contributed by atoms with Gasteiger partial charge in [-0.3, -0.25) is 9.59 Å². The topological polar surface area (TPSA) is 87.5 Å². The fraction of sp³-hybridized carbons (Fsp3) is 0.615. The molecule has 2 heterocycles. The molecule has 2 N–H and O–H groups in total. The molecule has 0 radical (unpaired) electrons. The number of carbonyl (C=O) groups excluding carboxylic acids is 2. The second-order valence-corrected chi connectivity index (χ2v) is 4.81. The van der Waals surface area contributed by atoms with Gasteiger partial charge in [0.25, 0.3) is 5.91 Å². The van der Waals surface area contributed by atoms with Crippen molar-refractivity contribution >= 4 is 11.8 Å². The van der Waals surface area contributed by atoms with Crippen molar-refractivity contribution in [2.75, 3.05) is 26.2 Å². The lowest BCUT2D eigenvalue weighted by molar-refractivity contribution is -0.126. The van der Waals surface area contributed by atoms with Crippen LogP contribution in [0.3, 0.4) is 0 Å². The largest absolute Gasteiger partial charge is 0.361 e. The van der Waals surface area contributed by atoms with Crippen molar-refractivity contribution in [3.05, 3.63) is 17.0 Å². The fourth-order valence-electron chi connectivity index (χ4n) is 2.41. The summed E-state index contributed by atoms with van der Waals surface area (Å²) in [5.41, 5.74) is 1.02. The maximum Gasteiger partial charge on any atom is 0.260 e. The van der Waals surface area contributed by atoms with Gasteiger partial charge in [-0.1, -0.05) is 5.16 Å². The zero-order chi connectivity index (χ0) is 14.7. The number of aromatic nitrogens is 1. The van der Waals surface area contributed by atoms with E-state index in [9.17, 15) is 9.59 Å². The van der Waals surface area contributed by atoms with Crippen LogP contribution < -0.4 is 10.6 Å². The first kappa shape index (κ1) is 14.5. The Balaban J connectivity index is 2.24. The van der Waals surface area contributed by atoms with Crippen LogP contribution in [0, 0.1) is 13.8 Å². The number of likely N-dealkylation sites (N-methyl/N-ethyl adjacent to an activating group) is 1. The first-order valence-electron chi connectivity index (χ1n) is 6.78. The zero-order valence-electron chi connectivity index (χ0n) is 12.0. The minimum atomic E-state index is -0.495. The molecule has 0 spiro atoms. The van der Waals surface area contributed by atoms with Crippen molar-refractivity contribution in [1.82, 2.24) is 20.7 Å². The molecule has 0 bridgehead atoms. The molecule has 0 aliphatic carbocycles. The summed E-state index contributed by atoms with van der Waals surface area (Å²) in [4.78, 5) is 26.3. The van der Waals surface area contributed by atoms with Gasteiger partial charge in [0.05, 0.1) is 5.69 Å². The second-order valence-electron chi connectivity index (χ2n) is 4.81. The van der Waals surface area contributed by atoms with Crippen LogP contribution in [0.15, 0.2) is 4.52 Å². The lowest BCUT2D eigenvalue weighted by Gasteiger charge is -2.35. The van der Waals surface area contributed by atoms with Crippen molar-refractivity contribution in [3.63, 3.8) is 0 Å². The second kappa shape index (κ2) is 6.04. The standard InChI is InChI=1S/C13H20N4O3/c1-4-15-12(18)10-7-14-5-6-17(10)13(19)11-8(2)16-20-9(11)3/h10,14H,4-7H2,1-3H3,(H,15,18). The molecule has 1 aromatic heterocycles. The van der Waals surface area contributed by atoms with E-state index in [1.807, 2.05) is 6.92 Å². The van der Waals surface area contributed by atoms with Gasteiger partial charge in [0.2, 0.25) is 5.91 Å². The van der Waals surface area contributed by atoms with Crippen molar-refractivity contribution < 1.29 is 14.1 Å². The summed E-state index contributed by atoms with van der Waals surface area (Å²) >= 11 is 0. The molecule has 1 aliphatic rings. The maximum absolute atomic E-state index is 12.6. The highest BCUT2D eigenvalue weighted by Gasteiger charge is 2.34. The van der Waals surface area contributed by atoms with E-state index in [0.717, 1.165) is 0 Å². The van der Waals surface area contributed by atoms with Gasteiger partial charge in [-0.25, -0.2) is 0 Å². The number of nitrogens with zero attached hydrogens (tertiary/aromatic N) is 2. The van der Waals surface area contributed by atoms with E-state index in [1.54, 1.807) is 18.7 Å². The third-order valence-corrected chi connectivity index (χ3v) is 3.41. The normalized spacial score (nSPS) is 18.9. The van der Waals surface area contributed by atoms with Crippen molar-refractivity contribution in [3.8, 4) is 0 Å². The van der Waals surface area contributed by atoms with E-state index in [-0.39, 0.29) is 11.8 Å². The fourth-order valence-corrected chi connectivity index (χ4v) is 2.41. The van der Waals surface area contributed by atoms with Gasteiger partial charge in [-0.2, -0.15) is 0 Å². The van der Waals surface area contributed by atoms with Crippen LogP contribution in [0.25, 0.3) is 0 Å². The zero-order valence-corrected chi connectivity index (χ0v) is 12.0. The molecule has 1 aliphatic heterocycles. The van der Waals surface area contributed by atoms with Gasteiger partial charge >= 0.3 is 0 Å². The van der Waals surface area contributed by atoms with Crippen LogP contribution in [0.4, 0.5) is 0 Å². The number of carbonyl (C=O) groups is 2. The van der Waals surface area contributed by atoms with E-state index < -0.39 is 6.04 Å². The average Bonchev–Trinajstić information content (AvgIpc) is 2.78. The van der Waals surface area contributed by atoms with Crippen molar-refractivity contribution in [1.29, 1.82) is 0 Å². The number of piperazine rings is 1. The third-order valence-electron chi connectivity index (χ3n) is 3.41. The predicted molar refractivity (Wildman–Crippen MR) is 72.4 cm³/mol. The Hall–Kier alpha value is -1.89. The molecular formula is C13H20N4O3. The highest BCUT2D eigenvalue weighted by atomic mass is 16.5. The Morgan fingerprint density at radius 3 is 2.85 bits per heavy atom. The summed E-state index contributed by atoms with van der Waals surface area (Å²) in [6, 6.07) is -0.495. The number of aryl methyl sites for hydroxylation is 2. The summed E-state index contributed by atoms with van der Waals surface area (Å²) in [6.07, 6.45) is 0. The van der Waals surface area contributed by atoms with Gasteiger partial charge in [-0.15, -0.1) is 0 Å². The Bertz CT molecular complexity index is 492. The van der Waals surface area contributed by atoms with E-state index in [0.29, 0.717) is 43.2 Å². The summed E-state index contributed by atoms with van der Waals surface area (Å²) in [6.45, 7) is 7.46. The van der Waals surface area contributed by atoms with Crippen LogP contribution in [-0.2, 0) is 4.79 Å². The SMILES string of the molecule is CCNC(=O)C1CNCCN1C(=O)c1c(C)noc1C. The Kier molecular flexibility index (Phi) is 4.39. The maximum atomic E-state index is 12.6. The minimum Gasteiger partial charge on any atom is -0.361 e. The number of rotatable bonds is 3. The van der Waals surface area contributed by atoms with Gasteiger partial charge < -0.3 is 20.1 Å². The van der Waals surface area contributed by atoms with E-state index in [1.165, 1.54) is 0 Å². The Morgan fingerprint density at radius 1 is 1.50 bits per heavy atom. The van der Waals surface area contributed by atoms with Crippen LogP contribution in [-0.4, -0.2) is 54.1 Å². The molecule has 1 fully saturated rings. The lowest BCUT2D eigenvalue weighted by Crippen LogP contribution is -2.59. The Labute approximate surface area is 117 Å².